The Morgan fingerprint density at radius 3 is 2.70 bits per heavy atom. The molecule has 0 saturated carbocycles. The van der Waals surface area contributed by atoms with E-state index in [0.29, 0.717) is 23.6 Å². The Hall–Kier alpha value is -3.66. The predicted octanol–water partition coefficient (Wildman–Crippen LogP) is 4.69. The highest BCUT2D eigenvalue weighted by Crippen LogP contribution is 2.41. The summed E-state index contributed by atoms with van der Waals surface area (Å²) in [6, 6.07) is 10.1. The molecule has 1 aliphatic rings. The van der Waals surface area contributed by atoms with Crippen LogP contribution in [0.25, 0.3) is 0 Å². The predicted molar refractivity (Wildman–Crippen MR) is 113 cm³/mol. The Morgan fingerprint density at radius 2 is 2.03 bits per heavy atom. The van der Waals surface area contributed by atoms with Gasteiger partial charge in [-0.3, -0.25) is 4.79 Å². The van der Waals surface area contributed by atoms with Gasteiger partial charge in [-0.1, -0.05) is 12.1 Å². The molecule has 0 bridgehead atoms. The van der Waals surface area contributed by atoms with E-state index in [-0.39, 0.29) is 30.2 Å². The van der Waals surface area contributed by atoms with E-state index in [0.717, 1.165) is 11.6 Å². The van der Waals surface area contributed by atoms with Crippen molar-refractivity contribution in [3.63, 3.8) is 0 Å². The van der Waals surface area contributed by atoms with Crippen molar-refractivity contribution in [2.45, 2.75) is 19.1 Å². The van der Waals surface area contributed by atoms with Crippen molar-refractivity contribution in [3.05, 3.63) is 77.2 Å². The third kappa shape index (κ3) is 4.47. The smallest absolute Gasteiger partial charge is 0.419 e. The van der Waals surface area contributed by atoms with E-state index in [9.17, 15) is 27.5 Å². The number of pyridine rings is 1. The number of ether oxygens (including phenoxy) is 1. The van der Waals surface area contributed by atoms with Crippen molar-refractivity contribution >= 4 is 23.1 Å². The number of para-hydroxylation sites is 1. The molecule has 1 atom stereocenters. The Balaban J connectivity index is 1.69. The normalized spacial score (nSPS) is 15.6. The molecule has 0 spiro atoms. The van der Waals surface area contributed by atoms with Gasteiger partial charge in [0.15, 0.2) is 5.75 Å². The maximum absolute atomic E-state index is 13.6. The number of hydrogen-bond acceptors (Lipinski definition) is 5. The van der Waals surface area contributed by atoms with Gasteiger partial charge in [0.1, 0.15) is 18.2 Å². The van der Waals surface area contributed by atoms with Crippen molar-refractivity contribution in [3.8, 4) is 5.75 Å². The average molecular weight is 461 g/mol. The molecule has 0 saturated heterocycles. The highest BCUT2D eigenvalue weighted by atomic mass is 19.4. The third-order valence-corrected chi connectivity index (χ3v) is 5.17. The van der Waals surface area contributed by atoms with Crippen molar-refractivity contribution in [1.29, 1.82) is 0 Å². The molecule has 2 N–H and O–H groups in total. The summed E-state index contributed by atoms with van der Waals surface area (Å²) in [7, 11) is 0. The lowest BCUT2D eigenvalue weighted by Crippen LogP contribution is -2.43. The number of anilines is 3. The number of rotatable bonds is 4. The van der Waals surface area contributed by atoms with E-state index in [1.54, 1.807) is 29.3 Å². The van der Waals surface area contributed by atoms with Crippen LogP contribution >= 0.6 is 0 Å². The summed E-state index contributed by atoms with van der Waals surface area (Å²) in [6.07, 6.45) is -3.23. The fourth-order valence-corrected chi connectivity index (χ4v) is 3.56. The largest absolute Gasteiger partial charge is 0.488 e. The molecule has 0 unspecified atom stereocenters. The molecule has 0 radical (unpaired) electrons. The molecule has 6 nitrogen and oxygen atoms in total. The maximum atomic E-state index is 13.6. The van der Waals surface area contributed by atoms with E-state index in [4.69, 9.17) is 4.74 Å². The van der Waals surface area contributed by atoms with Crippen LogP contribution < -0.4 is 15.0 Å². The van der Waals surface area contributed by atoms with Crippen molar-refractivity contribution in [2.75, 3.05) is 23.4 Å². The Kier molecular flexibility index (Phi) is 5.94. The number of amides is 1. The molecular weight excluding hydrogens is 442 g/mol. The highest BCUT2D eigenvalue weighted by Gasteiger charge is 2.35. The maximum Gasteiger partial charge on any atom is 0.419 e. The van der Waals surface area contributed by atoms with Crippen LogP contribution in [0.2, 0.25) is 0 Å². The molecule has 172 valence electrons. The van der Waals surface area contributed by atoms with Crippen LogP contribution in [0.4, 0.5) is 34.8 Å². The lowest BCUT2D eigenvalue weighted by atomic mass is 10.1. The van der Waals surface area contributed by atoms with E-state index in [1.165, 1.54) is 6.07 Å². The zero-order valence-electron chi connectivity index (χ0n) is 17.4. The molecule has 10 heteroatoms. The molecule has 0 aliphatic carbocycles. The zero-order chi connectivity index (χ0) is 23.8. The first-order chi connectivity index (χ1) is 15.7. The first kappa shape index (κ1) is 22.5. The van der Waals surface area contributed by atoms with E-state index >= 15 is 0 Å². The van der Waals surface area contributed by atoms with Crippen molar-refractivity contribution in [2.24, 2.45) is 0 Å². The van der Waals surface area contributed by atoms with Gasteiger partial charge in [0, 0.05) is 11.9 Å². The number of benzene rings is 2. The number of hydrogen-bond donors (Lipinski definition) is 2. The number of nitrogens with zero attached hydrogens (tertiary/aromatic N) is 2. The lowest BCUT2D eigenvalue weighted by molar-refractivity contribution is -0.139. The van der Waals surface area contributed by atoms with Crippen LogP contribution in [0, 0.1) is 12.7 Å². The van der Waals surface area contributed by atoms with Gasteiger partial charge in [0.25, 0.3) is 5.91 Å². The van der Waals surface area contributed by atoms with Crippen LogP contribution in [0.1, 0.15) is 21.5 Å². The van der Waals surface area contributed by atoms with Gasteiger partial charge in [-0.25, -0.2) is 9.37 Å². The van der Waals surface area contributed by atoms with Gasteiger partial charge in [-0.05, 0) is 48.9 Å². The van der Waals surface area contributed by atoms with Crippen molar-refractivity contribution < 1.29 is 32.2 Å². The topological polar surface area (TPSA) is 74.7 Å². The van der Waals surface area contributed by atoms with Gasteiger partial charge in [-0.15, -0.1) is 0 Å². The Bertz CT molecular complexity index is 1180. The number of halogens is 4. The third-order valence-electron chi connectivity index (χ3n) is 5.17. The number of aryl methyl sites for hydroxylation is 1. The van der Waals surface area contributed by atoms with E-state index in [1.807, 2.05) is 13.0 Å². The highest BCUT2D eigenvalue weighted by molar-refractivity contribution is 6.07. The molecule has 1 aliphatic heterocycles. The van der Waals surface area contributed by atoms with Crippen molar-refractivity contribution in [1.82, 2.24) is 4.98 Å². The first-order valence-electron chi connectivity index (χ1n) is 9.95. The van der Waals surface area contributed by atoms with Gasteiger partial charge in [0.05, 0.1) is 29.5 Å². The number of carbonyl (C=O) groups is 1. The average Bonchev–Trinajstić information content (AvgIpc) is 2.79. The number of nitrogens with one attached hydrogen (secondary N) is 1. The lowest BCUT2D eigenvalue weighted by Gasteiger charge is -2.37. The molecule has 2 heterocycles. The quantitative estimate of drug-likeness (QED) is 0.552. The summed E-state index contributed by atoms with van der Waals surface area (Å²) in [5.74, 6) is -1.43. The molecule has 1 amide bonds. The molecule has 3 aromatic rings. The number of aromatic nitrogens is 1. The summed E-state index contributed by atoms with van der Waals surface area (Å²) < 4.78 is 58.4. The minimum Gasteiger partial charge on any atom is -0.488 e. The van der Waals surface area contributed by atoms with Crippen LogP contribution in [-0.2, 0) is 6.18 Å². The van der Waals surface area contributed by atoms with Crippen LogP contribution in [0.5, 0.6) is 5.75 Å². The SMILES string of the molecule is Cc1ccc(N2c3cccc(C(=O)Nc4ccc(F)c(C(F)(F)F)c4)c3OC[C@@H]2CO)nc1. The molecule has 33 heavy (non-hydrogen) atoms. The second-order valence-corrected chi connectivity index (χ2v) is 7.51. The molecule has 0 fully saturated rings. The first-order valence-corrected chi connectivity index (χ1v) is 9.95. The second kappa shape index (κ2) is 8.70. The fraction of sp³-hybridized carbons (Fsp3) is 0.217. The number of aliphatic hydroxyl groups excluding tert-OH is 1. The minimum absolute atomic E-state index is 0.0537. The van der Waals surface area contributed by atoms with E-state index in [2.05, 4.69) is 10.3 Å². The van der Waals surface area contributed by atoms with Gasteiger partial charge in [0.2, 0.25) is 0 Å². The fourth-order valence-electron chi connectivity index (χ4n) is 3.56. The molecule has 1 aromatic heterocycles. The number of fused-ring (bicyclic) bond motifs is 1. The Labute approximate surface area is 186 Å². The van der Waals surface area contributed by atoms with Crippen LogP contribution in [-0.4, -0.2) is 35.3 Å². The minimum atomic E-state index is -4.90. The van der Waals surface area contributed by atoms with Gasteiger partial charge >= 0.3 is 6.18 Å². The number of aliphatic hydroxyl groups is 1. The van der Waals surface area contributed by atoms with Gasteiger partial charge in [-0.2, -0.15) is 13.2 Å². The zero-order valence-corrected chi connectivity index (χ0v) is 17.4. The van der Waals surface area contributed by atoms with Crippen LogP contribution in [0.3, 0.4) is 0 Å². The number of carbonyl (C=O) groups excluding carboxylic acids is 1. The molecular formula is C23H19F4N3O3. The summed E-state index contributed by atoms with van der Waals surface area (Å²) in [5, 5.41) is 12.2. The monoisotopic (exact) mass is 461 g/mol. The number of alkyl halides is 3. The van der Waals surface area contributed by atoms with Crippen LogP contribution in [0.15, 0.2) is 54.7 Å². The summed E-state index contributed by atoms with van der Waals surface area (Å²) in [6.45, 7) is 1.70. The summed E-state index contributed by atoms with van der Waals surface area (Å²) in [5.41, 5.74) is -0.210. The van der Waals surface area contributed by atoms with Gasteiger partial charge < -0.3 is 20.1 Å². The summed E-state index contributed by atoms with van der Waals surface area (Å²) in [4.78, 5) is 19.1. The van der Waals surface area contributed by atoms with E-state index < -0.39 is 29.5 Å². The Morgan fingerprint density at radius 1 is 1.24 bits per heavy atom. The summed E-state index contributed by atoms with van der Waals surface area (Å²) >= 11 is 0. The molecule has 2 aromatic carbocycles. The second-order valence-electron chi connectivity index (χ2n) is 7.51. The molecule has 4 rings (SSSR count). The standard InChI is InChI=1S/C23H19F4N3O3/c1-13-5-8-20(28-10-13)30-15(11-31)12-33-21-16(3-2-4-19(21)30)22(32)29-14-6-7-18(24)17(9-14)23(25,26)27/h2-10,15,31H,11-12H2,1H3,(H,29,32)/t15-/m0/s1.